The van der Waals surface area contributed by atoms with Gasteiger partial charge in [0.25, 0.3) is 0 Å². The third-order valence-corrected chi connectivity index (χ3v) is 6.47. The quantitative estimate of drug-likeness (QED) is 0.204. The highest BCUT2D eigenvalue weighted by molar-refractivity contribution is 5.39. The third kappa shape index (κ3) is 8.42. The van der Waals surface area contributed by atoms with Crippen LogP contribution in [0.15, 0.2) is 97.1 Å². The normalized spacial score (nSPS) is 12.3. The Morgan fingerprint density at radius 1 is 0.525 bits per heavy atom. The van der Waals surface area contributed by atoms with E-state index >= 15 is 0 Å². The van der Waals surface area contributed by atoms with Crippen molar-refractivity contribution in [3.8, 4) is 23.7 Å². The molecule has 4 nitrogen and oxygen atoms in total. The predicted molar refractivity (Wildman–Crippen MR) is 161 cm³/mol. The van der Waals surface area contributed by atoms with Gasteiger partial charge >= 0.3 is 0 Å². The number of benzene rings is 4. The summed E-state index contributed by atoms with van der Waals surface area (Å²) in [6, 6.07) is 30.1. The summed E-state index contributed by atoms with van der Waals surface area (Å²) in [5.74, 6) is 12.9. The molecule has 0 aliphatic rings. The molecule has 0 heterocycles. The number of nitrogens with zero attached hydrogens (tertiary/aromatic N) is 2. The minimum Gasteiger partial charge on any atom is -0.312 e. The van der Waals surface area contributed by atoms with E-state index in [9.17, 15) is 10.4 Å². The van der Waals surface area contributed by atoms with Crippen molar-refractivity contribution in [2.75, 3.05) is 0 Å². The lowest BCUT2D eigenvalue weighted by atomic mass is 10.0. The van der Waals surface area contributed by atoms with Crippen molar-refractivity contribution in [3.63, 3.8) is 0 Å². The molecule has 4 rings (SSSR count). The first-order chi connectivity index (χ1) is 19.3. The SMILES string of the molecule is Cc1cc(C)cc(CN(O)[C@H](C#Cc2ccccc2)[C@@H](C#Cc2ccccc2)N(O)Cc2cc(C)cc(C)c2)c1. The smallest absolute Gasteiger partial charge is 0.125 e. The van der Waals surface area contributed by atoms with Gasteiger partial charge in [0.15, 0.2) is 0 Å². The molecule has 0 aromatic heterocycles. The molecule has 0 amide bonds. The van der Waals surface area contributed by atoms with Gasteiger partial charge in [0.1, 0.15) is 12.1 Å². The third-order valence-electron chi connectivity index (χ3n) is 6.47. The van der Waals surface area contributed by atoms with E-state index in [4.69, 9.17) is 0 Å². The molecule has 0 aliphatic carbocycles. The first kappa shape index (κ1) is 28.8. The summed E-state index contributed by atoms with van der Waals surface area (Å²) in [5.41, 5.74) is 8.04. The Morgan fingerprint density at radius 3 is 1.18 bits per heavy atom. The second kappa shape index (κ2) is 13.8. The zero-order valence-electron chi connectivity index (χ0n) is 23.6. The summed E-state index contributed by atoms with van der Waals surface area (Å²) in [6.07, 6.45) is 0. The van der Waals surface area contributed by atoms with Gasteiger partial charge in [-0.1, -0.05) is 119 Å². The molecule has 4 aromatic rings. The highest BCUT2D eigenvalue weighted by atomic mass is 16.5. The monoisotopic (exact) mass is 528 g/mol. The van der Waals surface area contributed by atoms with Crippen molar-refractivity contribution in [1.82, 2.24) is 10.1 Å². The van der Waals surface area contributed by atoms with Crippen LogP contribution in [0.3, 0.4) is 0 Å². The standard InChI is InChI=1S/C36H36N2O2/c1-27-19-28(2)22-33(21-27)25-37(39)35(17-15-31-11-7-5-8-12-31)36(18-16-32-13-9-6-10-14-32)38(40)26-34-23-29(3)20-30(4)24-34/h5-14,19-24,35-36,39-40H,25-26H2,1-4H3/t35-,36-/m1/s1. The van der Waals surface area contributed by atoms with E-state index in [-0.39, 0.29) is 13.1 Å². The molecule has 0 aliphatic heterocycles. The molecule has 40 heavy (non-hydrogen) atoms. The van der Waals surface area contributed by atoms with Crippen LogP contribution in [0.2, 0.25) is 0 Å². The van der Waals surface area contributed by atoms with Crippen molar-refractivity contribution in [2.45, 2.75) is 52.9 Å². The topological polar surface area (TPSA) is 46.9 Å². The Hall–Kier alpha value is -4.16. The molecule has 2 N–H and O–H groups in total. The molecule has 0 spiro atoms. The number of hydrogen-bond acceptors (Lipinski definition) is 4. The van der Waals surface area contributed by atoms with Crippen LogP contribution < -0.4 is 0 Å². The summed E-state index contributed by atoms with van der Waals surface area (Å²) >= 11 is 0. The lowest BCUT2D eigenvalue weighted by Crippen LogP contribution is -2.48. The maximum absolute atomic E-state index is 11.5. The van der Waals surface area contributed by atoms with Crippen LogP contribution in [0.4, 0.5) is 0 Å². The fourth-order valence-corrected chi connectivity index (χ4v) is 4.88. The van der Waals surface area contributed by atoms with Crippen LogP contribution in [-0.2, 0) is 13.1 Å². The molecular formula is C36H36N2O2. The van der Waals surface area contributed by atoms with Gasteiger partial charge in [-0.05, 0) is 63.1 Å². The molecule has 0 saturated heterocycles. The summed E-state index contributed by atoms with van der Waals surface area (Å²) < 4.78 is 0. The van der Waals surface area contributed by atoms with Crippen LogP contribution in [0.25, 0.3) is 0 Å². The first-order valence-electron chi connectivity index (χ1n) is 13.5. The molecule has 4 heteroatoms. The molecule has 0 unspecified atom stereocenters. The van der Waals surface area contributed by atoms with E-state index in [1.54, 1.807) is 0 Å². The average Bonchev–Trinajstić information content (AvgIpc) is 2.90. The molecular weight excluding hydrogens is 492 g/mol. The zero-order valence-corrected chi connectivity index (χ0v) is 23.6. The average molecular weight is 529 g/mol. The van der Waals surface area contributed by atoms with Crippen molar-refractivity contribution in [3.05, 3.63) is 142 Å². The Morgan fingerprint density at radius 2 is 0.850 bits per heavy atom. The lowest BCUT2D eigenvalue weighted by molar-refractivity contribution is -0.180. The number of hydroxylamine groups is 4. The summed E-state index contributed by atoms with van der Waals surface area (Å²) in [7, 11) is 0. The fourth-order valence-electron chi connectivity index (χ4n) is 4.88. The predicted octanol–water partition coefficient (Wildman–Crippen LogP) is 6.84. The summed E-state index contributed by atoms with van der Waals surface area (Å²) in [5, 5.41) is 25.4. The maximum Gasteiger partial charge on any atom is 0.125 e. The highest BCUT2D eigenvalue weighted by Gasteiger charge is 2.29. The number of hydrogen-bond donors (Lipinski definition) is 2. The Labute approximate surface area is 238 Å². The van der Waals surface area contributed by atoms with Crippen molar-refractivity contribution in [2.24, 2.45) is 0 Å². The van der Waals surface area contributed by atoms with E-state index in [1.165, 1.54) is 10.1 Å². The fraction of sp³-hybridized carbons (Fsp3) is 0.222. The largest absolute Gasteiger partial charge is 0.312 e. The molecule has 0 bridgehead atoms. The van der Waals surface area contributed by atoms with Gasteiger partial charge in [0.05, 0.1) is 13.1 Å². The van der Waals surface area contributed by atoms with E-state index in [0.717, 1.165) is 44.5 Å². The van der Waals surface area contributed by atoms with Crippen molar-refractivity contribution >= 4 is 0 Å². The maximum atomic E-state index is 11.5. The van der Waals surface area contributed by atoms with Gasteiger partial charge in [0, 0.05) is 11.1 Å². The molecule has 0 fully saturated rings. The minimum absolute atomic E-state index is 0.234. The van der Waals surface area contributed by atoms with Crippen LogP contribution in [0.1, 0.15) is 44.5 Å². The van der Waals surface area contributed by atoms with Crippen molar-refractivity contribution < 1.29 is 10.4 Å². The van der Waals surface area contributed by atoms with Gasteiger partial charge in [0.2, 0.25) is 0 Å². The molecule has 0 radical (unpaired) electrons. The van der Waals surface area contributed by atoms with Gasteiger partial charge in [-0.25, -0.2) is 0 Å². The number of rotatable bonds is 7. The number of aryl methyl sites for hydroxylation is 4. The minimum atomic E-state index is -0.812. The van der Waals surface area contributed by atoms with Gasteiger partial charge in [-0.2, -0.15) is 10.1 Å². The van der Waals surface area contributed by atoms with Gasteiger partial charge in [-0.3, -0.25) is 0 Å². The Kier molecular flexibility index (Phi) is 9.92. The Bertz CT molecular complexity index is 1380. The van der Waals surface area contributed by atoms with Crippen molar-refractivity contribution in [1.29, 1.82) is 0 Å². The van der Waals surface area contributed by atoms with E-state index in [1.807, 2.05) is 88.4 Å². The molecule has 4 aromatic carbocycles. The second-order valence-electron chi connectivity index (χ2n) is 10.3. The van der Waals surface area contributed by atoms with Gasteiger partial charge < -0.3 is 10.4 Å². The van der Waals surface area contributed by atoms with Crippen LogP contribution in [-0.4, -0.2) is 32.6 Å². The van der Waals surface area contributed by atoms with Crippen LogP contribution >= 0.6 is 0 Å². The van der Waals surface area contributed by atoms with E-state index in [2.05, 4.69) is 60.1 Å². The van der Waals surface area contributed by atoms with Crippen LogP contribution in [0, 0.1) is 51.4 Å². The van der Waals surface area contributed by atoms with E-state index in [0.29, 0.717) is 0 Å². The lowest BCUT2D eigenvalue weighted by Gasteiger charge is -2.31. The molecule has 2 atom stereocenters. The zero-order chi connectivity index (χ0) is 28.5. The van der Waals surface area contributed by atoms with Gasteiger partial charge in [-0.15, -0.1) is 0 Å². The molecule has 0 saturated carbocycles. The van der Waals surface area contributed by atoms with E-state index < -0.39 is 12.1 Å². The first-order valence-corrected chi connectivity index (χ1v) is 13.5. The summed E-state index contributed by atoms with van der Waals surface area (Å²) in [4.78, 5) is 0. The summed E-state index contributed by atoms with van der Waals surface area (Å²) in [6.45, 7) is 8.63. The van der Waals surface area contributed by atoms with Crippen LogP contribution in [0.5, 0.6) is 0 Å². The second-order valence-corrected chi connectivity index (χ2v) is 10.3. The highest BCUT2D eigenvalue weighted by Crippen LogP contribution is 2.18. The Balaban J connectivity index is 1.75. The molecule has 202 valence electrons.